The Bertz CT molecular complexity index is 358. The van der Waals surface area contributed by atoms with Crippen LogP contribution in [0, 0.1) is 0 Å². The second-order valence-electron chi connectivity index (χ2n) is 5.80. The molecule has 6 radical (unpaired) electrons. The van der Waals surface area contributed by atoms with E-state index in [1.807, 2.05) is 0 Å². The van der Waals surface area contributed by atoms with E-state index in [1.165, 1.54) is 16.7 Å². The summed E-state index contributed by atoms with van der Waals surface area (Å²) in [7, 11) is -1.92. The summed E-state index contributed by atoms with van der Waals surface area (Å²) >= 11 is 5.89. The first kappa shape index (κ1) is 23.3. The molecule has 0 aliphatic heterocycles. The average Bonchev–Trinajstić information content (AvgIpc) is 2.43. The second kappa shape index (κ2) is 13.5. The highest BCUT2D eigenvalue weighted by Crippen LogP contribution is 2.18. The molecule has 0 aromatic heterocycles. The maximum Gasteiger partial charge on any atom is 0.469 e. The van der Waals surface area contributed by atoms with Crippen molar-refractivity contribution in [2.24, 2.45) is 0 Å². The summed E-state index contributed by atoms with van der Waals surface area (Å²) in [6.45, 7) is 12.4. The van der Waals surface area contributed by atoms with E-state index in [0.717, 1.165) is 12.5 Å². The third-order valence-corrected chi connectivity index (χ3v) is 10.8. The number of hydrogen-bond acceptors (Lipinski definition) is 3. The van der Waals surface area contributed by atoms with Crippen LogP contribution in [0.3, 0.4) is 0 Å². The molecule has 0 aliphatic carbocycles. The first-order valence-electron chi connectivity index (χ1n) is 7.58. The molecule has 0 bridgehead atoms. The van der Waals surface area contributed by atoms with E-state index in [4.69, 9.17) is 23.9 Å². The molecule has 0 unspecified atom stereocenters. The summed E-state index contributed by atoms with van der Waals surface area (Å²) in [4.78, 5) is 0. The zero-order valence-corrected chi connectivity index (χ0v) is 19.7. The van der Waals surface area contributed by atoms with Crippen molar-refractivity contribution >= 4 is 49.7 Å². The standard InChI is InChI=1S/C15H27ClO3Si4/c1-13(2)10-20-17-23(9-7-8-16,18-21-11-14(3)4)19-22-12-15(5)6/h10-12H,7-9H2,1-6H3. The lowest BCUT2D eigenvalue weighted by Gasteiger charge is -2.29. The molecule has 0 aromatic carbocycles. The van der Waals surface area contributed by atoms with Crippen molar-refractivity contribution in [1.82, 2.24) is 0 Å². The molecule has 0 saturated heterocycles. The molecule has 0 spiro atoms. The lowest BCUT2D eigenvalue weighted by atomic mass is 10.4. The molecule has 0 aliphatic rings. The fraction of sp³-hybridized carbons (Fsp3) is 0.600. The minimum absolute atomic E-state index is 0.261. The third kappa shape index (κ3) is 13.2. The molecule has 8 heteroatoms. The SMILES string of the molecule is CC(C)=C[Si]O[Si](CCCCl)(O[Si]C=C(C)C)O[Si]C=C(C)C. The van der Waals surface area contributed by atoms with Gasteiger partial charge in [-0.15, -0.1) is 11.6 Å². The van der Waals surface area contributed by atoms with Crippen LogP contribution >= 0.6 is 11.6 Å². The topological polar surface area (TPSA) is 27.7 Å². The number of alkyl halides is 1. The minimum Gasteiger partial charge on any atom is -0.412 e. The van der Waals surface area contributed by atoms with E-state index < -0.39 is 8.80 Å². The van der Waals surface area contributed by atoms with Gasteiger partial charge < -0.3 is 12.3 Å². The van der Waals surface area contributed by atoms with E-state index in [1.54, 1.807) is 0 Å². The summed E-state index contributed by atoms with van der Waals surface area (Å²) in [5.74, 6) is 0.591. The zero-order valence-electron chi connectivity index (χ0n) is 15.0. The number of halogens is 1. The van der Waals surface area contributed by atoms with Crippen molar-refractivity contribution in [3.8, 4) is 0 Å². The minimum atomic E-state index is -2.70. The van der Waals surface area contributed by atoms with E-state index >= 15 is 0 Å². The first-order chi connectivity index (χ1) is 10.8. The van der Waals surface area contributed by atoms with Gasteiger partial charge in [-0.3, -0.25) is 0 Å². The molecule has 0 saturated carbocycles. The number of allylic oxidation sites excluding steroid dienone is 3. The van der Waals surface area contributed by atoms with E-state index in [2.05, 4.69) is 58.6 Å². The lowest BCUT2D eigenvalue weighted by molar-refractivity contribution is 0.284. The van der Waals surface area contributed by atoms with Gasteiger partial charge in [-0.1, -0.05) is 33.8 Å². The Morgan fingerprint density at radius 1 is 0.783 bits per heavy atom. The molecular weight excluding hydrogens is 376 g/mol. The van der Waals surface area contributed by atoms with Crippen LogP contribution in [0.4, 0.5) is 0 Å². The van der Waals surface area contributed by atoms with Crippen LogP contribution in [0.1, 0.15) is 48.0 Å². The Balaban J connectivity index is 5.02. The van der Waals surface area contributed by atoms with Gasteiger partial charge in [-0.25, -0.2) is 0 Å². The van der Waals surface area contributed by atoms with Gasteiger partial charge >= 0.3 is 8.80 Å². The molecule has 0 N–H and O–H groups in total. The van der Waals surface area contributed by atoms with Crippen molar-refractivity contribution in [3.63, 3.8) is 0 Å². The van der Waals surface area contributed by atoms with E-state index in [-0.39, 0.29) is 29.3 Å². The molecule has 0 amide bonds. The molecule has 3 nitrogen and oxygen atoms in total. The maximum absolute atomic E-state index is 6.15. The second-order valence-corrected chi connectivity index (χ2v) is 12.1. The van der Waals surface area contributed by atoms with Gasteiger partial charge in [-0.05, 0) is 48.0 Å². The molecular formula is C15H27ClO3Si4. The maximum atomic E-state index is 6.15. The molecule has 128 valence electrons. The summed E-state index contributed by atoms with van der Waals surface area (Å²) in [6, 6.07) is 0.757. The van der Waals surface area contributed by atoms with Gasteiger partial charge in [-0.2, -0.15) is 0 Å². The van der Waals surface area contributed by atoms with Gasteiger partial charge in [0, 0.05) is 11.9 Å². The summed E-state index contributed by atoms with van der Waals surface area (Å²) in [5.41, 5.74) is 9.97. The highest BCUT2D eigenvalue weighted by Gasteiger charge is 2.39. The largest absolute Gasteiger partial charge is 0.469 e. The lowest BCUT2D eigenvalue weighted by Crippen LogP contribution is -2.48. The van der Waals surface area contributed by atoms with Crippen molar-refractivity contribution in [2.75, 3.05) is 5.88 Å². The van der Waals surface area contributed by atoms with Gasteiger partial charge in [0.15, 0.2) is 0 Å². The van der Waals surface area contributed by atoms with Crippen LogP contribution in [-0.4, -0.2) is 44.0 Å². The predicted octanol–water partition coefficient (Wildman–Crippen LogP) is 4.23. The predicted molar refractivity (Wildman–Crippen MR) is 105 cm³/mol. The van der Waals surface area contributed by atoms with E-state index in [0.29, 0.717) is 5.88 Å². The fourth-order valence-electron chi connectivity index (χ4n) is 1.21. The Labute approximate surface area is 155 Å². The molecule has 0 aromatic rings. The molecule has 0 rings (SSSR count). The van der Waals surface area contributed by atoms with Crippen molar-refractivity contribution in [1.29, 1.82) is 0 Å². The normalized spacial score (nSPS) is 11.1. The molecule has 0 fully saturated rings. The van der Waals surface area contributed by atoms with Gasteiger partial charge in [0.1, 0.15) is 0 Å². The van der Waals surface area contributed by atoms with Crippen LogP contribution in [0.25, 0.3) is 0 Å². The molecule has 23 heavy (non-hydrogen) atoms. The Kier molecular flexibility index (Phi) is 13.7. The van der Waals surface area contributed by atoms with Crippen molar-refractivity contribution in [3.05, 3.63) is 33.8 Å². The van der Waals surface area contributed by atoms with Crippen LogP contribution in [0.15, 0.2) is 33.8 Å². The van der Waals surface area contributed by atoms with Gasteiger partial charge in [0.25, 0.3) is 29.3 Å². The van der Waals surface area contributed by atoms with Gasteiger partial charge in [0.05, 0.1) is 0 Å². The van der Waals surface area contributed by atoms with Crippen LogP contribution in [0.2, 0.25) is 6.04 Å². The zero-order chi connectivity index (χ0) is 17.7. The van der Waals surface area contributed by atoms with E-state index in [9.17, 15) is 0 Å². The monoisotopic (exact) mass is 402 g/mol. The van der Waals surface area contributed by atoms with Crippen LogP contribution in [0.5, 0.6) is 0 Å². The Morgan fingerprint density at radius 2 is 1.13 bits per heavy atom. The highest BCUT2D eigenvalue weighted by atomic mass is 35.5. The quantitative estimate of drug-likeness (QED) is 0.361. The Morgan fingerprint density at radius 3 is 1.39 bits per heavy atom. The summed E-state index contributed by atoms with van der Waals surface area (Å²) in [6.07, 6.45) is 0.839. The number of hydrogen-bond donors (Lipinski definition) is 0. The molecule has 0 heterocycles. The number of rotatable bonds is 12. The average molecular weight is 403 g/mol. The fourth-order valence-corrected chi connectivity index (χ4v) is 8.60. The van der Waals surface area contributed by atoms with Crippen LogP contribution < -0.4 is 0 Å². The van der Waals surface area contributed by atoms with Crippen LogP contribution in [-0.2, 0) is 12.3 Å². The van der Waals surface area contributed by atoms with Crippen molar-refractivity contribution in [2.45, 2.75) is 54.0 Å². The first-order valence-corrected chi connectivity index (χ1v) is 13.0. The summed E-state index contributed by atoms with van der Waals surface area (Å²) in [5, 5.41) is 0. The third-order valence-electron chi connectivity index (χ3n) is 2.30. The van der Waals surface area contributed by atoms with Gasteiger partial charge in [0.2, 0.25) is 0 Å². The summed E-state index contributed by atoms with van der Waals surface area (Å²) < 4.78 is 18.4. The highest BCUT2D eigenvalue weighted by molar-refractivity contribution is 6.75. The molecule has 0 atom stereocenters. The smallest absolute Gasteiger partial charge is 0.412 e. The van der Waals surface area contributed by atoms with Crippen molar-refractivity contribution < 1.29 is 12.3 Å². The Hall–Kier alpha value is 0.258.